The minimum Gasteiger partial charge on any atom is -0.395 e. The molecule has 1 atom stereocenters. The van der Waals surface area contributed by atoms with Gasteiger partial charge in [-0.2, -0.15) is 0 Å². The highest BCUT2D eigenvalue weighted by atomic mass is 16.3. The molecule has 0 heterocycles. The Morgan fingerprint density at radius 3 is 2.43 bits per heavy atom. The second kappa shape index (κ2) is 9.37. The predicted octanol–water partition coefficient (Wildman–Crippen LogP) is 2.59. The summed E-state index contributed by atoms with van der Waals surface area (Å²) in [5.41, 5.74) is 1.96. The molecule has 0 radical (unpaired) electrons. The van der Waals surface area contributed by atoms with Gasteiger partial charge in [0.05, 0.1) is 6.61 Å². The van der Waals surface area contributed by atoms with Crippen molar-refractivity contribution in [2.24, 2.45) is 0 Å². The molecule has 1 aromatic carbocycles. The number of benzene rings is 1. The van der Waals surface area contributed by atoms with E-state index < -0.39 is 0 Å². The molecule has 0 aliphatic heterocycles. The molecule has 0 aliphatic carbocycles. The molecule has 1 aromatic rings. The number of nitrogens with zero attached hydrogens (tertiary/aromatic N) is 1. The zero-order valence-electron chi connectivity index (χ0n) is 13.2. The molecule has 5 nitrogen and oxygen atoms in total. The van der Waals surface area contributed by atoms with Gasteiger partial charge in [-0.05, 0) is 37.6 Å². The standard InChI is InChI=1S/C16H27N3O2/c1-4-10-19(11-12-20)16(21)18-15-8-6-14(7-9-15)13(3)17-5-2/h6-9,13,17,20H,4-5,10-12H2,1-3H3,(H,18,21). The van der Waals surface area contributed by atoms with Crippen molar-refractivity contribution in [1.82, 2.24) is 10.2 Å². The fourth-order valence-electron chi connectivity index (χ4n) is 2.19. The number of aliphatic hydroxyl groups excluding tert-OH is 1. The summed E-state index contributed by atoms with van der Waals surface area (Å²) >= 11 is 0. The van der Waals surface area contributed by atoms with Crippen LogP contribution in [0.3, 0.4) is 0 Å². The second-order valence-electron chi connectivity index (χ2n) is 5.04. The predicted molar refractivity (Wildman–Crippen MR) is 86.5 cm³/mol. The minimum absolute atomic E-state index is 0.0213. The molecule has 3 N–H and O–H groups in total. The lowest BCUT2D eigenvalue weighted by molar-refractivity contribution is 0.188. The summed E-state index contributed by atoms with van der Waals surface area (Å²) in [5, 5.41) is 15.2. The number of carbonyl (C=O) groups excluding carboxylic acids is 1. The maximum absolute atomic E-state index is 12.1. The normalized spacial score (nSPS) is 12.0. The first-order valence-corrected chi connectivity index (χ1v) is 7.62. The van der Waals surface area contributed by atoms with Crippen LogP contribution in [-0.2, 0) is 0 Å². The summed E-state index contributed by atoms with van der Waals surface area (Å²) in [6.45, 7) is 8.10. The van der Waals surface area contributed by atoms with Crippen molar-refractivity contribution in [3.8, 4) is 0 Å². The van der Waals surface area contributed by atoms with Crippen molar-refractivity contribution in [1.29, 1.82) is 0 Å². The second-order valence-corrected chi connectivity index (χ2v) is 5.04. The van der Waals surface area contributed by atoms with Crippen LogP contribution >= 0.6 is 0 Å². The van der Waals surface area contributed by atoms with Gasteiger partial charge in [-0.3, -0.25) is 0 Å². The van der Waals surface area contributed by atoms with E-state index in [1.165, 1.54) is 5.56 Å². The van der Waals surface area contributed by atoms with E-state index in [-0.39, 0.29) is 12.6 Å². The Morgan fingerprint density at radius 2 is 1.90 bits per heavy atom. The highest BCUT2D eigenvalue weighted by Crippen LogP contribution is 2.16. The topological polar surface area (TPSA) is 64.6 Å². The quantitative estimate of drug-likeness (QED) is 0.690. The van der Waals surface area contributed by atoms with Gasteiger partial charge in [-0.1, -0.05) is 26.0 Å². The lowest BCUT2D eigenvalue weighted by atomic mass is 10.1. The Balaban J connectivity index is 2.63. The van der Waals surface area contributed by atoms with Crippen molar-refractivity contribution in [3.63, 3.8) is 0 Å². The third-order valence-electron chi connectivity index (χ3n) is 3.32. The third-order valence-corrected chi connectivity index (χ3v) is 3.32. The van der Waals surface area contributed by atoms with Gasteiger partial charge in [0, 0.05) is 24.8 Å². The highest BCUT2D eigenvalue weighted by Gasteiger charge is 2.12. The van der Waals surface area contributed by atoms with Gasteiger partial charge in [0.15, 0.2) is 0 Å². The lowest BCUT2D eigenvalue weighted by Crippen LogP contribution is -2.37. The molecular weight excluding hydrogens is 266 g/mol. The van der Waals surface area contributed by atoms with Gasteiger partial charge >= 0.3 is 6.03 Å². The fraction of sp³-hybridized carbons (Fsp3) is 0.562. The monoisotopic (exact) mass is 293 g/mol. The van der Waals surface area contributed by atoms with Crippen LogP contribution in [0, 0.1) is 0 Å². The molecule has 2 amide bonds. The minimum atomic E-state index is -0.168. The molecule has 1 rings (SSSR count). The number of hydrogen-bond donors (Lipinski definition) is 3. The van der Waals surface area contributed by atoms with Crippen LogP contribution in [0.4, 0.5) is 10.5 Å². The van der Waals surface area contributed by atoms with E-state index in [0.717, 1.165) is 18.7 Å². The maximum atomic E-state index is 12.1. The van der Waals surface area contributed by atoms with E-state index in [2.05, 4.69) is 24.5 Å². The van der Waals surface area contributed by atoms with E-state index in [1.807, 2.05) is 31.2 Å². The van der Waals surface area contributed by atoms with Crippen molar-refractivity contribution >= 4 is 11.7 Å². The third kappa shape index (κ3) is 5.73. The number of carbonyl (C=O) groups is 1. The molecular formula is C16H27N3O2. The number of aliphatic hydroxyl groups is 1. The Morgan fingerprint density at radius 1 is 1.24 bits per heavy atom. The number of rotatable bonds is 8. The number of nitrogens with one attached hydrogen (secondary N) is 2. The fourth-order valence-corrected chi connectivity index (χ4v) is 2.19. The maximum Gasteiger partial charge on any atom is 0.321 e. The summed E-state index contributed by atoms with van der Waals surface area (Å²) in [5.74, 6) is 0. The summed E-state index contributed by atoms with van der Waals surface area (Å²) in [7, 11) is 0. The Bertz CT molecular complexity index is 414. The average molecular weight is 293 g/mol. The SMILES string of the molecule is CCCN(CCO)C(=O)Nc1ccc(C(C)NCC)cc1. The summed E-state index contributed by atoms with van der Waals surface area (Å²) in [4.78, 5) is 13.7. The summed E-state index contributed by atoms with van der Waals surface area (Å²) < 4.78 is 0. The zero-order chi connectivity index (χ0) is 15.7. The Kier molecular flexibility index (Phi) is 7.79. The van der Waals surface area contributed by atoms with Gasteiger partial charge in [0.25, 0.3) is 0 Å². The van der Waals surface area contributed by atoms with Crippen LogP contribution in [-0.4, -0.2) is 42.3 Å². The molecule has 0 aromatic heterocycles. The highest BCUT2D eigenvalue weighted by molar-refractivity contribution is 5.89. The molecule has 21 heavy (non-hydrogen) atoms. The number of amides is 2. The largest absolute Gasteiger partial charge is 0.395 e. The van der Waals surface area contributed by atoms with E-state index in [4.69, 9.17) is 5.11 Å². The smallest absolute Gasteiger partial charge is 0.321 e. The number of anilines is 1. The van der Waals surface area contributed by atoms with Crippen LogP contribution in [0.15, 0.2) is 24.3 Å². The van der Waals surface area contributed by atoms with Gasteiger partial charge in [0.2, 0.25) is 0 Å². The first-order chi connectivity index (χ1) is 10.1. The molecule has 0 saturated carbocycles. The Hall–Kier alpha value is -1.59. The molecule has 0 bridgehead atoms. The molecule has 0 aliphatic rings. The van der Waals surface area contributed by atoms with Crippen LogP contribution in [0.5, 0.6) is 0 Å². The van der Waals surface area contributed by atoms with E-state index in [9.17, 15) is 4.79 Å². The van der Waals surface area contributed by atoms with Crippen LogP contribution < -0.4 is 10.6 Å². The van der Waals surface area contributed by atoms with Gasteiger partial charge < -0.3 is 20.6 Å². The van der Waals surface area contributed by atoms with Gasteiger partial charge in [-0.15, -0.1) is 0 Å². The van der Waals surface area contributed by atoms with E-state index in [1.54, 1.807) is 4.90 Å². The number of urea groups is 1. The van der Waals surface area contributed by atoms with Crippen LogP contribution in [0.1, 0.15) is 38.8 Å². The molecule has 118 valence electrons. The van der Waals surface area contributed by atoms with E-state index >= 15 is 0 Å². The molecule has 1 unspecified atom stereocenters. The van der Waals surface area contributed by atoms with Gasteiger partial charge in [-0.25, -0.2) is 4.79 Å². The first-order valence-electron chi connectivity index (χ1n) is 7.62. The Labute approximate surface area is 127 Å². The van der Waals surface area contributed by atoms with Crippen molar-refractivity contribution < 1.29 is 9.90 Å². The number of hydrogen-bond acceptors (Lipinski definition) is 3. The lowest BCUT2D eigenvalue weighted by Gasteiger charge is -2.21. The van der Waals surface area contributed by atoms with Crippen LogP contribution in [0.25, 0.3) is 0 Å². The summed E-state index contributed by atoms with van der Waals surface area (Å²) in [6.07, 6.45) is 0.868. The molecule has 5 heteroatoms. The average Bonchev–Trinajstić information content (AvgIpc) is 2.48. The van der Waals surface area contributed by atoms with Crippen molar-refractivity contribution in [2.45, 2.75) is 33.2 Å². The van der Waals surface area contributed by atoms with Crippen molar-refractivity contribution in [2.75, 3.05) is 31.6 Å². The summed E-state index contributed by atoms with van der Waals surface area (Å²) in [6, 6.07) is 7.97. The first kappa shape index (κ1) is 17.5. The van der Waals surface area contributed by atoms with Crippen molar-refractivity contribution in [3.05, 3.63) is 29.8 Å². The molecule has 0 spiro atoms. The van der Waals surface area contributed by atoms with Crippen LogP contribution in [0.2, 0.25) is 0 Å². The zero-order valence-corrected chi connectivity index (χ0v) is 13.2. The molecule has 0 fully saturated rings. The van der Waals surface area contributed by atoms with E-state index in [0.29, 0.717) is 19.1 Å². The molecule has 0 saturated heterocycles. The van der Waals surface area contributed by atoms with Gasteiger partial charge in [0.1, 0.15) is 0 Å².